The van der Waals surface area contributed by atoms with Crippen LogP contribution in [0.5, 0.6) is 11.5 Å². The third-order valence-corrected chi connectivity index (χ3v) is 5.18. The van der Waals surface area contributed by atoms with Gasteiger partial charge in [0.05, 0.1) is 23.8 Å². The molecule has 2 aromatic rings. The van der Waals surface area contributed by atoms with Crippen molar-refractivity contribution in [1.82, 2.24) is 5.32 Å². The van der Waals surface area contributed by atoms with E-state index < -0.39 is 0 Å². The second kappa shape index (κ2) is 9.48. The van der Waals surface area contributed by atoms with E-state index in [4.69, 9.17) is 21.1 Å². The molecule has 1 heterocycles. The normalized spacial score (nSPS) is 15.7. The minimum absolute atomic E-state index is 0.0480. The Morgan fingerprint density at radius 2 is 2.14 bits per heavy atom. The quantitative estimate of drug-likeness (QED) is 0.634. The molecule has 0 saturated carbocycles. The number of benzene rings is 2. The van der Waals surface area contributed by atoms with Crippen LogP contribution < -0.4 is 20.1 Å². The summed E-state index contributed by atoms with van der Waals surface area (Å²) in [7, 11) is 1.51. The Bertz CT molecular complexity index is 885. The van der Waals surface area contributed by atoms with Crippen molar-refractivity contribution in [2.45, 2.75) is 38.8 Å². The average molecular weight is 419 g/mol. The van der Waals surface area contributed by atoms with E-state index in [2.05, 4.69) is 10.6 Å². The Morgan fingerprint density at radius 3 is 2.83 bits per heavy atom. The van der Waals surface area contributed by atoms with Crippen LogP contribution in [-0.2, 0) is 6.42 Å². The topological polar surface area (TPSA) is 79.8 Å². The van der Waals surface area contributed by atoms with Gasteiger partial charge in [-0.25, -0.2) is 0 Å². The van der Waals surface area contributed by atoms with E-state index in [1.165, 1.54) is 7.11 Å². The number of carbonyl (C=O) groups excluding carboxylic acids is 1. The minimum atomic E-state index is -0.300. The average Bonchev–Trinajstić information content (AvgIpc) is 2.69. The summed E-state index contributed by atoms with van der Waals surface area (Å²) >= 11 is 6.33. The molecule has 0 bridgehead atoms. The molecule has 1 atom stereocenters. The molecule has 1 aliphatic rings. The molecule has 6 nitrogen and oxygen atoms in total. The molecule has 1 unspecified atom stereocenters. The first-order valence-corrected chi connectivity index (χ1v) is 10.1. The first-order valence-electron chi connectivity index (χ1n) is 9.76. The first-order chi connectivity index (χ1) is 13.9. The number of fused-ring (bicyclic) bond motifs is 1. The number of amides is 1. The number of aliphatic hydroxyl groups is 1. The zero-order valence-corrected chi connectivity index (χ0v) is 17.7. The van der Waals surface area contributed by atoms with Crippen LogP contribution in [-0.4, -0.2) is 37.4 Å². The number of carbonyl (C=O) groups is 1. The molecular formula is C22H27ClN2O4. The van der Waals surface area contributed by atoms with Gasteiger partial charge in [-0.15, -0.1) is 0 Å². The van der Waals surface area contributed by atoms with Crippen molar-refractivity contribution >= 4 is 23.2 Å². The van der Waals surface area contributed by atoms with Gasteiger partial charge in [0.25, 0.3) is 5.91 Å². The van der Waals surface area contributed by atoms with E-state index in [1.54, 1.807) is 12.1 Å². The van der Waals surface area contributed by atoms with Gasteiger partial charge >= 0.3 is 0 Å². The number of methoxy groups -OCH3 is 1. The molecule has 1 aliphatic heterocycles. The summed E-state index contributed by atoms with van der Waals surface area (Å²) in [6.07, 6.45) is 1.38. The van der Waals surface area contributed by atoms with Gasteiger partial charge in [-0.1, -0.05) is 23.7 Å². The van der Waals surface area contributed by atoms with Crippen molar-refractivity contribution in [3.63, 3.8) is 0 Å². The molecule has 2 aromatic carbocycles. The van der Waals surface area contributed by atoms with Gasteiger partial charge in [0.15, 0.2) is 0 Å². The number of halogens is 1. The number of nitrogens with one attached hydrogen (secondary N) is 2. The monoisotopic (exact) mass is 418 g/mol. The van der Waals surface area contributed by atoms with Crippen LogP contribution in [0.1, 0.15) is 47.8 Å². The largest absolute Gasteiger partial charge is 0.496 e. The van der Waals surface area contributed by atoms with Crippen LogP contribution >= 0.6 is 11.6 Å². The molecule has 7 heteroatoms. The molecule has 0 radical (unpaired) electrons. The highest BCUT2D eigenvalue weighted by molar-refractivity contribution is 6.32. The van der Waals surface area contributed by atoms with Gasteiger partial charge in [-0.3, -0.25) is 4.79 Å². The van der Waals surface area contributed by atoms with E-state index in [-0.39, 0.29) is 24.7 Å². The van der Waals surface area contributed by atoms with Crippen LogP contribution in [0.15, 0.2) is 30.3 Å². The van der Waals surface area contributed by atoms with E-state index in [9.17, 15) is 9.90 Å². The lowest BCUT2D eigenvalue weighted by atomic mass is 9.91. The predicted molar refractivity (Wildman–Crippen MR) is 114 cm³/mol. The van der Waals surface area contributed by atoms with Crippen molar-refractivity contribution in [1.29, 1.82) is 0 Å². The van der Waals surface area contributed by atoms with Crippen molar-refractivity contribution in [2.24, 2.45) is 0 Å². The lowest BCUT2D eigenvalue weighted by Gasteiger charge is -2.28. The van der Waals surface area contributed by atoms with E-state index in [0.29, 0.717) is 28.5 Å². The molecule has 29 heavy (non-hydrogen) atoms. The minimum Gasteiger partial charge on any atom is -0.496 e. The van der Waals surface area contributed by atoms with Crippen LogP contribution in [0.3, 0.4) is 0 Å². The molecular weight excluding hydrogens is 392 g/mol. The highest BCUT2D eigenvalue weighted by atomic mass is 35.5. The molecule has 0 saturated heterocycles. The van der Waals surface area contributed by atoms with Crippen molar-refractivity contribution < 1.29 is 19.4 Å². The van der Waals surface area contributed by atoms with Gasteiger partial charge in [0.1, 0.15) is 11.5 Å². The Balaban J connectivity index is 1.89. The standard InChI is InChI=1S/C22H27ClN2O4/c1-13(2)29-21-12-20(28-3)16(11-17(21)23)22(27)25-19-6-4-5-14-15(19)7-9-24-18(14)8-10-26/h4-6,11-13,18,24,26H,7-10H2,1-3H3,(H,25,27). The van der Waals surface area contributed by atoms with Crippen LogP contribution in [0.25, 0.3) is 0 Å². The Kier molecular flexibility index (Phi) is 7.00. The third-order valence-electron chi connectivity index (χ3n) is 4.88. The summed E-state index contributed by atoms with van der Waals surface area (Å²) in [5, 5.41) is 16.1. The predicted octanol–water partition coefficient (Wildman–Crippen LogP) is 3.96. The molecule has 0 aliphatic carbocycles. The first kappa shape index (κ1) is 21.4. The Hall–Kier alpha value is -2.28. The zero-order chi connectivity index (χ0) is 21.0. The number of hydrogen-bond acceptors (Lipinski definition) is 5. The maximum atomic E-state index is 13.0. The van der Waals surface area contributed by atoms with Crippen LogP contribution in [0.4, 0.5) is 5.69 Å². The lowest BCUT2D eigenvalue weighted by molar-refractivity contribution is 0.102. The summed E-state index contributed by atoms with van der Waals surface area (Å²) in [5.74, 6) is 0.572. The van der Waals surface area contributed by atoms with E-state index >= 15 is 0 Å². The van der Waals surface area contributed by atoms with Gasteiger partial charge in [0, 0.05) is 24.4 Å². The smallest absolute Gasteiger partial charge is 0.259 e. The summed E-state index contributed by atoms with van der Waals surface area (Å²) in [6.45, 7) is 4.71. The van der Waals surface area contributed by atoms with Gasteiger partial charge in [-0.2, -0.15) is 0 Å². The summed E-state index contributed by atoms with van der Waals surface area (Å²) in [5.41, 5.74) is 3.29. The fourth-order valence-electron chi connectivity index (χ4n) is 3.61. The zero-order valence-electron chi connectivity index (χ0n) is 16.9. The van der Waals surface area contributed by atoms with Crippen molar-refractivity contribution in [3.8, 4) is 11.5 Å². The maximum absolute atomic E-state index is 13.0. The Morgan fingerprint density at radius 1 is 1.34 bits per heavy atom. The fraction of sp³-hybridized carbons (Fsp3) is 0.409. The number of anilines is 1. The highest BCUT2D eigenvalue weighted by Crippen LogP contribution is 2.35. The second-order valence-electron chi connectivity index (χ2n) is 7.25. The number of rotatable bonds is 7. The molecule has 3 rings (SSSR count). The molecule has 0 aromatic heterocycles. The van der Waals surface area contributed by atoms with E-state index in [0.717, 1.165) is 29.8 Å². The summed E-state index contributed by atoms with van der Waals surface area (Å²) < 4.78 is 11.1. The van der Waals surface area contributed by atoms with Crippen LogP contribution in [0.2, 0.25) is 5.02 Å². The molecule has 156 valence electrons. The third kappa shape index (κ3) is 4.83. The molecule has 0 fully saturated rings. The Labute approximate surface area is 176 Å². The molecule has 3 N–H and O–H groups in total. The van der Waals surface area contributed by atoms with Crippen molar-refractivity contribution in [3.05, 3.63) is 52.0 Å². The fourth-order valence-corrected chi connectivity index (χ4v) is 3.82. The maximum Gasteiger partial charge on any atom is 0.259 e. The van der Waals surface area contributed by atoms with Crippen LogP contribution in [0, 0.1) is 0 Å². The molecule has 1 amide bonds. The number of hydrogen-bond donors (Lipinski definition) is 3. The highest BCUT2D eigenvalue weighted by Gasteiger charge is 2.23. The number of ether oxygens (including phenoxy) is 2. The number of aliphatic hydroxyl groups excluding tert-OH is 1. The SMILES string of the molecule is COc1cc(OC(C)C)c(Cl)cc1C(=O)Nc1cccc2c1CCNC2CCO. The van der Waals surface area contributed by atoms with Gasteiger partial charge in [-0.05, 0) is 56.5 Å². The molecule has 0 spiro atoms. The summed E-state index contributed by atoms with van der Waals surface area (Å²) in [6, 6.07) is 9.13. The van der Waals surface area contributed by atoms with Crippen molar-refractivity contribution in [2.75, 3.05) is 25.6 Å². The van der Waals surface area contributed by atoms with E-state index in [1.807, 2.05) is 32.0 Å². The van der Waals surface area contributed by atoms with Gasteiger partial charge in [0.2, 0.25) is 0 Å². The summed E-state index contributed by atoms with van der Waals surface area (Å²) in [4.78, 5) is 13.0. The second-order valence-corrected chi connectivity index (χ2v) is 7.65. The van der Waals surface area contributed by atoms with Gasteiger partial charge < -0.3 is 25.2 Å². The lowest BCUT2D eigenvalue weighted by Crippen LogP contribution is -2.31.